The Morgan fingerprint density at radius 3 is 2.55 bits per heavy atom. The Morgan fingerprint density at radius 2 is 1.95 bits per heavy atom. The van der Waals surface area contributed by atoms with Crippen LogP contribution in [0.3, 0.4) is 0 Å². The minimum Gasteiger partial charge on any atom is -0.372 e. The molecule has 0 aromatic heterocycles. The fourth-order valence-corrected chi connectivity index (χ4v) is 2.46. The Hall–Kier alpha value is -1.02. The SMILES string of the molecule is CCCCN(CC)c1ccc(C)cc1CNCC(C)C. The number of hydrogen-bond acceptors (Lipinski definition) is 2. The average molecular weight is 276 g/mol. The third-order valence-electron chi connectivity index (χ3n) is 3.61. The molecule has 0 amide bonds. The van der Waals surface area contributed by atoms with Crippen molar-refractivity contribution in [1.82, 2.24) is 5.32 Å². The Morgan fingerprint density at radius 1 is 1.20 bits per heavy atom. The van der Waals surface area contributed by atoms with E-state index in [1.807, 2.05) is 0 Å². The van der Waals surface area contributed by atoms with E-state index in [2.05, 4.69) is 63.0 Å². The Bertz CT molecular complexity index is 385. The van der Waals surface area contributed by atoms with E-state index in [0.717, 1.165) is 26.2 Å². The topological polar surface area (TPSA) is 15.3 Å². The first-order chi connectivity index (χ1) is 9.58. The highest BCUT2D eigenvalue weighted by Gasteiger charge is 2.09. The van der Waals surface area contributed by atoms with Crippen LogP contribution in [0.25, 0.3) is 0 Å². The highest BCUT2D eigenvalue weighted by atomic mass is 15.1. The molecule has 1 aromatic carbocycles. The number of rotatable bonds is 9. The van der Waals surface area contributed by atoms with Gasteiger partial charge in [0.2, 0.25) is 0 Å². The lowest BCUT2D eigenvalue weighted by molar-refractivity contribution is 0.551. The molecular weight excluding hydrogens is 244 g/mol. The summed E-state index contributed by atoms with van der Waals surface area (Å²) in [6.07, 6.45) is 2.52. The van der Waals surface area contributed by atoms with Gasteiger partial charge in [0, 0.05) is 25.3 Å². The van der Waals surface area contributed by atoms with Crippen molar-refractivity contribution in [3.63, 3.8) is 0 Å². The second kappa shape index (κ2) is 9.02. The third kappa shape index (κ3) is 5.54. The predicted octanol–water partition coefficient (Wildman–Crippen LogP) is 4.37. The molecular formula is C18H32N2. The Kier molecular flexibility index (Phi) is 7.68. The third-order valence-corrected chi connectivity index (χ3v) is 3.61. The van der Waals surface area contributed by atoms with Gasteiger partial charge in [-0.3, -0.25) is 0 Å². The highest BCUT2D eigenvalue weighted by molar-refractivity contribution is 5.55. The molecule has 0 unspecified atom stereocenters. The van der Waals surface area contributed by atoms with Crippen LogP contribution in [0, 0.1) is 12.8 Å². The molecule has 0 saturated carbocycles. The molecule has 0 fully saturated rings. The molecule has 0 aliphatic rings. The largest absolute Gasteiger partial charge is 0.372 e. The molecule has 2 heteroatoms. The minimum absolute atomic E-state index is 0.700. The van der Waals surface area contributed by atoms with E-state index in [0.29, 0.717) is 5.92 Å². The van der Waals surface area contributed by atoms with Crippen LogP contribution in [0.5, 0.6) is 0 Å². The molecule has 0 bridgehead atoms. The number of nitrogens with one attached hydrogen (secondary N) is 1. The van der Waals surface area contributed by atoms with E-state index in [1.165, 1.54) is 29.7 Å². The van der Waals surface area contributed by atoms with Gasteiger partial charge in [-0.1, -0.05) is 44.9 Å². The van der Waals surface area contributed by atoms with Crippen molar-refractivity contribution in [2.24, 2.45) is 5.92 Å². The Labute approximate surface area is 125 Å². The second-order valence-electron chi connectivity index (χ2n) is 6.09. The number of unbranched alkanes of at least 4 members (excludes halogenated alkanes) is 1. The molecule has 0 aliphatic carbocycles. The van der Waals surface area contributed by atoms with Gasteiger partial charge in [0.1, 0.15) is 0 Å². The molecule has 0 spiro atoms. The van der Waals surface area contributed by atoms with Crippen molar-refractivity contribution in [3.05, 3.63) is 29.3 Å². The monoisotopic (exact) mass is 276 g/mol. The van der Waals surface area contributed by atoms with Crippen molar-refractivity contribution in [2.45, 2.75) is 54.0 Å². The van der Waals surface area contributed by atoms with E-state index >= 15 is 0 Å². The molecule has 1 N–H and O–H groups in total. The van der Waals surface area contributed by atoms with E-state index < -0.39 is 0 Å². The summed E-state index contributed by atoms with van der Waals surface area (Å²) >= 11 is 0. The van der Waals surface area contributed by atoms with Crippen LogP contribution in [-0.2, 0) is 6.54 Å². The van der Waals surface area contributed by atoms with Crippen LogP contribution in [0.15, 0.2) is 18.2 Å². The number of anilines is 1. The number of nitrogens with zero attached hydrogens (tertiary/aromatic N) is 1. The van der Waals surface area contributed by atoms with Crippen molar-refractivity contribution >= 4 is 5.69 Å². The standard InChI is InChI=1S/C18H32N2/c1-6-8-11-20(7-2)18-10-9-16(5)12-17(18)14-19-13-15(3)4/h9-10,12,15,19H,6-8,11,13-14H2,1-5H3. The van der Waals surface area contributed by atoms with Gasteiger partial charge in [0.05, 0.1) is 0 Å². The number of aryl methyl sites for hydroxylation is 1. The van der Waals surface area contributed by atoms with Gasteiger partial charge in [0.25, 0.3) is 0 Å². The zero-order valence-corrected chi connectivity index (χ0v) is 14.0. The molecule has 0 radical (unpaired) electrons. The first-order valence-corrected chi connectivity index (χ1v) is 8.13. The molecule has 1 aromatic rings. The number of hydrogen-bond donors (Lipinski definition) is 1. The van der Waals surface area contributed by atoms with Gasteiger partial charge < -0.3 is 10.2 Å². The van der Waals surface area contributed by atoms with Gasteiger partial charge in [-0.05, 0) is 44.4 Å². The maximum absolute atomic E-state index is 3.58. The maximum Gasteiger partial charge on any atom is 0.0411 e. The normalized spacial score (nSPS) is 11.1. The molecule has 0 saturated heterocycles. The van der Waals surface area contributed by atoms with Gasteiger partial charge in [-0.25, -0.2) is 0 Å². The smallest absolute Gasteiger partial charge is 0.0411 e. The average Bonchev–Trinajstić information content (AvgIpc) is 2.41. The maximum atomic E-state index is 3.58. The van der Waals surface area contributed by atoms with E-state index in [4.69, 9.17) is 0 Å². The van der Waals surface area contributed by atoms with Gasteiger partial charge in [0.15, 0.2) is 0 Å². The first kappa shape index (κ1) is 17.0. The van der Waals surface area contributed by atoms with Crippen LogP contribution in [-0.4, -0.2) is 19.6 Å². The minimum atomic E-state index is 0.700. The summed E-state index contributed by atoms with van der Waals surface area (Å²) in [5, 5.41) is 3.58. The van der Waals surface area contributed by atoms with Gasteiger partial charge in [-0.15, -0.1) is 0 Å². The number of benzene rings is 1. The van der Waals surface area contributed by atoms with E-state index in [-0.39, 0.29) is 0 Å². The molecule has 0 heterocycles. The summed E-state index contributed by atoms with van der Waals surface area (Å²) < 4.78 is 0. The lowest BCUT2D eigenvalue weighted by atomic mass is 10.1. The molecule has 0 aliphatic heterocycles. The van der Waals surface area contributed by atoms with Crippen LogP contribution in [0.1, 0.15) is 51.7 Å². The zero-order valence-electron chi connectivity index (χ0n) is 14.0. The lowest BCUT2D eigenvalue weighted by Gasteiger charge is -2.26. The summed E-state index contributed by atoms with van der Waals surface area (Å²) in [5.74, 6) is 0.700. The summed E-state index contributed by atoms with van der Waals surface area (Å²) in [6.45, 7) is 15.5. The van der Waals surface area contributed by atoms with Crippen LogP contribution >= 0.6 is 0 Å². The fourth-order valence-electron chi connectivity index (χ4n) is 2.46. The van der Waals surface area contributed by atoms with E-state index in [1.54, 1.807) is 0 Å². The van der Waals surface area contributed by atoms with Crippen LogP contribution in [0.4, 0.5) is 5.69 Å². The molecule has 20 heavy (non-hydrogen) atoms. The molecule has 2 nitrogen and oxygen atoms in total. The first-order valence-electron chi connectivity index (χ1n) is 8.13. The molecule has 0 atom stereocenters. The summed E-state index contributed by atoms with van der Waals surface area (Å²) in [6, 6.07) is 6.86. The van der Waals surface area contributed by atoms with Crippen molar-refractivity contribution in [1.29, 1.82) is 0 Å². The van der Waals surface area contributed by atoms with Gasteiger partial charge in [-0.2, -0.15) is 0 Å². The van der Waals surface area contributed by atoms with Crippen LogP contribution < -0.4 is 10.2 Å². The summed E-state index contributed by atoms with van der Waals surface area (Å²) in [5.41, 5.74) is 4.19. The van der Waals surface area contributed by atoms with Crippen LogP contribution in [0.2, 0.25) is 0 Å². The quantitative estimate of drug-likeness (QED) is 0.720. The highest BCUT2D eigenvalue weighted by Crippen LogP contribution is 2.22. The molecule has 114 valence electrons. The second-order valence-corrected chi connectivity index (χ2v) is 6.09. The van der Waals surface area contributed by atoms with E-state index in [9.17, 15) is 0 Å². The molecule has 1 rings (SSSR count). The Balaban J connectivity index is 2.81. The fraction of sp³-hybridized carbons (Fsp3) is 0.667. The summed E-state index contributed by atoms with van der Waals surface area (Å²) in [7, 11) is 0. The predicted molar refractivity (Wildman–Crippen MR) is 90.5 cm³/mol. The van der Waals surface area contributed by atoms with Gasteiger partial charge >= 0.3 is 0 Å². The van der Waals surface area contributed by atoms with Crippen molar-refractivity contribution in [2.75, 3.05) is 24.5 Å². The summed E-state index contributed by atoms with van der Waals surface area (Å²) in [4.78, 5) is 2.51. The van der Waals surface area contributed by atoms with Crippen molar-refractivity contribution in [3.8, 4) is 0 Å². The van der Waals surface area contributed by atoms with Crippen molar-refractivity contribution < 1.29 is 0 Å². The lowest BCUT2D eigenvalue weighted by Crippen LogP contribution is -2.27. The zero-order chi connectivity index (χ0) is 15.0.